The van der Waals surface area contributed by atoms with Gasteiger partial charge in [-0.15, -0.1) is 0 Å². The van der Waals surface area contributed by atoms with E-state index < -0.39 is 28.9 Å². The molecule has 120 valence electrons. The number of hydrogen-bond acceptors (Lipinski definition) is 2. The van der Waals surface area contributed by atoms with Crippen LogP contribution in [0.4, 0.5) is 14.5 Å². The number of amides is 1. The SMILES string of the molecule is C[C@@](CC(=O)Nc1ccc(F)c(F)c1)(C(=O)O)c1ccccc1. The molecule has 0 saturated heterocycles. The molecular weight excluding hydrogens is 304 g/mol. The van der Waals surface area contributed by atoms with Gasteiger partial charge in [0.15, 0.2) is 11.6 Å². The maximum Gasteiger partial charge on any atom is 0.314 e. The predicted octanol–water partition coefficient (Wildman–Crippen LogP) is 3.34. The number of halogens is 2. The van der Waals surface area contributed by atoms with Gasteiger partial charge >= 0.3 is 5.97 Å². The van der Waals surface area contributed by atoms with Crippen molar-refractivity contribution in [2.24, 2.45) is 0 Å². The Hall–Kier alpha value is -2.76. The first-order valence-corrected chi connectivity index (χ1v) is 6.87. The van der Waals surface area contributed by atoms with Gasteiger partial charge in [-0.2, -0.15) is 0 Å². The van der Waals surface area contributed by atoms with Crippen LogP contribution in [0.5, 0.6) is 0 Å². The number of anilines is 1. The summed E-state index contributed by atoms with van der Waals surface area (Å²) < 4.78 is 26.0. The van der Waals surface area contributed by atoms with E-state index in [0.29, 0.717) is 5.56 Å². The van der Waals surface area contributed by atoms with Gasteiger partial charge in [0.1, 0.15) is 0 Å². The third kappa shape index (κ3) is 3.71. The summed E-state index contributed by atoms with van der Waals surface area (Å²) in [5, 5.41) is 11.9. The van der Waals surface area contributed by atoms with Gasteiger partial charge in [-0.25, -0.2) is 8.78 Å². The second kappa shape index (κ2) is 6.56. The third-order valence-electron chi connectivity index (χ3n) is 3.60. The number of benzene rings is 2. The van der Waals surface area contributed by atoms with Crippen molar-refractivity contribution >= 4 is 17.6 Å². The molecule has 0 aliphatic heterocycles. The average Bonchev–Trinajstić information content (AvgIpc) is 2.51. The Bertz CT molecular complexity index is 734. The highest BCUT2D eigenvalue weighted by molar-refractivity contribution is 5.96. The molecule has 0 aromatic heterocycles. The van der Waals surface area contributed by atoms with E-state index in [1.165, 1.54) is 13.0 Å². The van der Waals surface area contributed by atoms with Gasteiger partial charge in [0.2, 0.25) is 5.91 Å². The lowest BCUT2D eigenvalue weighted by molar-refractivity contribution is -0.145. The molecule has 23 heavy (non-hydrogen) atoms. The second-order valence-electron chi connectivity index (χ2n) is 5.36. The number of rotatable bonds is 5. The van der Waals surface area contributed by atoms with Crippen molar-refractivity contribution in [3.05, 3.63) is 65.7 Å². The van der Waals surface area contributed by atoms with Crippen LogP contribution in [0.3, 0.4) is 0 Å². The molecule has 0 heterocycles. The van der Waals surface area contributed by atoms with Crippen molar-refractivity contribution in [3.8, 4) is 0 Å². The lowest BCUT2D eigenvalue weighted by Gasteiger charge is -2.24. The largest absolute Gasteiger partial charge is 0.481 e. The molecule has 6 heteroatoms. The molecule has 1 atom stereocenters. The van der Waals surface area contributed by atoms with Crippen molar-refractivity contribution in [2.45, 2.75) is 18.8 Å². The predicted molar refractivity (Wildman–Crippen MR) is 81.0 cm³/mol. The molecule has 0 aliphatic rings. The lowest BCUT2D eigenvalue weighted by atomic mass is 9.79. The molecule has 0 fully saturated rings. The Morgan fingerprint density at radius 1 is 1.09 bits per heavy atom. The van der Waals surface area contributed by atoms with Gasteiger partial charge < -0.3 is 10.4 Å². The van der Waals surface area contributed by atoms with Crippen LogP contribution in [-0.4, -0.2) is 17.0 Å². The minimum atomic E-state index is -1.43. The number of aliphatic carboxylic acids is 1. The number of nitrogens with one attached hydrogen (secondary N) is 1. The van der Waals surface area contributed by atoms with Gasteiger partial charge in [-0.1, -0.05) is 30.3 Å². The third-order valence-corrected chi connectivity index (χ3v) is 3.60. The molecule has 2 rings (SSSR count). The topological polar surface area (TPSA) is 66.4 Å². The fourth-order valence-electron chi connectivity index (χ4n) is 2.21. The number of carbonyl (C=O) groups is 2. The highest BCUT2D eigenvalue weighted by Gasteiger charge is 2.37. The Morgan fingerprint density at radius 2 is 1.74 bits per heavy atom. The molecule has 2 N–H and O–H groups in total. The van der Waals surface area contributed by atoms with E-state index in [2.05, 4.69) is 5.32 Å². The van der Waals surface area contributed by atoms with Crippen LogP contribution < -0.4 is 5.32 Å². The van der Waals surface area contributed by atoms with Crippen LogP contribution in [0.25, 0.3) is 0 Å². The smallest absolute Gasteiger partial charge is 0.314 e. The monoisotopic (exact) mass is 319 g/mol. The zero-order valence-electron chi connectivity index (χ0n) is 12.3. The summed E-state index contributed by atoms with van der Waals surface area (Å²) in [7, 11) is 0. The molecule has 0 aliphatic carbocycles. The van der Waals surface area contributed by atoms with Crippen molar-refractivity contribution in [2.75, 3.05) is 5.32 Å². The number of hydrogen-bond donors (Lipinski definition) is 2. The Morgan fingerprint density at radius 3 is 2.30 bits per heavy atom. The fraction of sp³-hybridized carbons (Fsp3) is 0.176. The van der Waals surface area contributed by atoms with Crippen LogP contribution >= 0.6 is 0 Å². The molecule has 0 radical (unpaired) electrons. The molecule has 4 nitrogen and oxygen atoms in total. The van der Waals surface area contributed by atoms with E-state index in [0.717, 1.165) is 12.1 Å². The molecule has 0 saturated carbocycles. The van der Waals surface area contributed by atoms with Crippen LogP contribution in [0.15, 0.2) is 48.5 Å². The Kier molecular flexibility index (Phi) is 4.74. The van der Waals surface area contributed by atoms with Crippen LogP contribution in [0.1, 0.15) is 18.9 Å². The molecule has 0 bridgehead atoms. The maximum absolute atomic E-state index is 13.1. The zero-order chi connectivity index (χ0) is 17.0. The Balaban J connectivity index is 2.19. The summed E-state index contributed by atoms with van der Waals surface area (Å²) in [5.41, 5.74) is -0.883. The van der Waals surface area contributed by atoms with Gasteiger partial charge in [0, 0.05) is 18.2 Å². The van der Waals surface area contributed by atoms with Gasteiger partial charge in [-0.05, 0) is 24.6 Å². The highest BCUT2D eigenvalue weighted by atomic mass is 19.2. The second-order valence-corrected chi connectivity index (χ2v) is 5.36. The van der Waals surface area contributed by atoms with Crippen LogP contribution in [0.2, 0.25) is 0 Å². The quantitative estimate of drug-likeness (QED) is 0.888. The van der Waals surface area contributed by atoms with Crippen molar-refractivity contribution in [1.29, 1.82) is 0 Å². The summed E-state index contributed by atoms with van der Waals surface area (Å²) in [6.07, 6.45) is -0.342. The highest BCUT2D eigenvalue weighted by Crippen LogP contribution is 2.28. The van der Waals surface area contributed by atoms with E-state index in [1.54, 1.807) is 30.3 Å². The Labute approximate surface area is 131 Å². The molecule has 1 amide bonds. The molecule has 2 aromatic carbocycles. The molecule has 2 aromatic rings. The summed E-state index contributed by atoms with van der Waals surface area (Å²) >= 11 is 0. The minimum absolute atomic E-state index is 0.0645. The number of carboxylic acids is 1. The molecule has 0 unspecified atom stereocenters. The lowest BCUT2D eigenvalue weighted by Crippen LogP contribution is -2.36. The van der Waals surface area contributed by atoms with E-state index >= 15 is 0 Å². The number of carboxylic acid groups (broad SMARTS) is 1. The van der Waals surface area contributed by atoms with Gasteiger partial charge in [0.25, 0.3) is 0 Å². The van der Waals surface area contributed by atoms with E-state index in [4.69, 9.17) is 0 Å². The zero-order valence-corrected chi connectivity index (χ0v) is 12.3. The van der Waals surface area contributed by atoms with Gasteiger partial charge in [-0.3, -0.25) is 9.59 Å². The first-order valence-electron chi connectivity index (χ1n) is 6.87. The molecule has 0 spiro atoms. The first kappa shape index (κ1) is 16.6. The fourth-order valence-corrected chi connectivity index (χ4v) is 2.21. The van der Waals surface area contributed by atoms with E-state index in [9.17, 15) is 23.5 Å². The summed E-state index contributed by atoms with van der Waals surface area (Å²) in [5.74, 6) is -3.87. The van der Waals surface area contributed by atoms with Crippen molar-refractivity contribution in [3.63, 3.8) is 0 Å². The van der Waals surface area contributed by atoms with Gasteiger partial charge in [0.05, 0.1) is 5.41 Å². The van der Waals surface area contributed by atoms with E-state index in [-0.39, 0.29) is 12.1 Å². The maximum atomic E-state index is 13.1. The van der Waals surface area contributed by atoms with E-state index in [1.807, 2.05) is 0 Å². The summed E-state index contributed by atoms with van der Waals surface area (Å²) in [4.78, 5) is 23.7. The number of carbonyl (C=O) groups excluding carboxylic acids is 1. The minimum Gasteiger partial charge on any atom is -0.481 e. The van der Waals surface area contributed by atoms with Crippen LogP contribution in [-0.2, 0) is 15.0 Å². The van der Waals surface area contributed by atoms with Crippen LogP contribution in [0, 0.1) is 11.6 Å². The van der Waals surface area contributed by atoms with Crippen molar-refractivity contribution in [1.82, 2.24) is 0 Å². The first-order chi connectivity index (χ1) is 10.8. The molecular formula is C17H15F2NO3. The summed E-state index contributed by atoms with van der Waals surface area (Å²) in [6, 6.07) is 11.3. The normalized spacial score (nSPS) is 13.2. The standard InChI is InChI=1S/C17H15F2NO3/c1-17(16(22)23,11-5-3-2-4-6-11)10-15(21)20-12-7-8-13(18)14(19)9-12/h2-9H,10H2,1H3,(H,20,21)(H,22,23)/t17-/m0/s1. The average molecular weight is 319 g/mol. The van der Waals surface area contributed by atoms with Crippen molar-refractivity contribution < 1.29 is 23.5 Å². The summed E-state index contributed by atoms with van der Waals surface area (Å²) in [6.45, 7) is 1.44.